The largest absolute Gasteiger partial charge is 0.481 e. The number of aliphatic carboxylic acids is 1. The molecule has 0 fully saturated rings. The summed E-state index contributed by atoms with van der Waals surface area (Å²) in [5.74, 6) is -3.55. The molecule has 1 aromatic carbocycles. The Morgan fingerprint density at radius 3 is 2.47 bits per heavy atom. The van der Waals surface area contributed by atoms with Gasteiger partial charge in [-0.3, -0.25) is 4.79 Å². The van der Waals surface area contributed by atoms with Gasteiger partial charge < -0.3 is 5.11 Å². The van der Waals surface area contributed by atoms with Crippen LogP contribution in [0.2, 0.25) is 5.02 Å². The van der Waals surface area contributed by atoms with E-state index in [-0.39, 0.29) is 15.1 Å². The van der Waals surface area contributed by atoms with Gasteiger partial charge in [0.2, 0.25) is 0 Å². The molecule has 94 valence electrons. The smallest absolute Gasteiger partial charge is 0.396 e. The quantitative estimate of drug-likeness (QED) is 0.900. The van der Waals surface area contributed by atoms with Gasteiger partial charge in [-0.05, 0) is 17.7 Å². The Bertz CT molecular complexity index is 434. The molecule has 0 aromatic heterocycles. The molecule has 7 heteroatoms. The lowest BCUT2D eigenvalue weighted by Gasteiger charge is -2.20. The number of hydrogen-bond donors (Lipinski definition) is 1. The number of carboxylic acid groups (broad SMARTS) is 1. The van der Waals surface area contributed by atoms with Gasteiger partial charge in [0.25, 0.3) is 0 Å². The van der Waals surface area contributed by atoms with Gasteiger partial charge in [-0.2, -0.15) is 13.2 Å². The van der Waals surface area contributed by atoms with Crippen LogP contribution in [0, 0.1) is 0 Å². The second-order valence-electron chi connectivity index (χ2n) is 3.36. The van der Waals surface area contributed by atoms with Crippen LogP contribution in [0.15, 0.2) is 22.7 Å². The van der Waals surface area contributed by atoms with Crippen LogP contribution in [0.25, 0.3) is 0 Å². The molecule has 0 radical (unpaired) electrons. The Hall–Kier alpha value is -0.750. The van der Waals surface area contributed by atoms with E-state index >= 15 is 0 Å². The van der Waals surface area contributed by atoms with Crippen molar-refractivity contribution in [3.8, 4) is 0 Å². The predicted octanol–water partition coefficient (Wildman–Crippen LogP) is 4.22. The summed E-state index contributed by atoms with van der Waals surface area (Å²) in [6.07, 6.45) is -5.63. The van der Waals surface area contributed by atoms with E-state index in [1.54, 1.807) is 0 Å². The van der Waals surface area contributed by atoms with Crippen molar-refractivity contribution >= 4 is 33.5 Å². The molecule has 0 saturated heterocycles. The molecule has 1 unspecified atom stereocenters. The molecule has 0 aliphatic rings. The zero-order chi connectivity index (χ0) is 13.2. The first-order chi connectivity index (χ1) is 7.71. The van der Waals surface area contributed by atoms with Crippen molar-refractivity contribution in [2.24, 2.45) is 0 Å². The number of benzene rings is 1. The number of hydrogen-bond acceptors (Lipinski definition) is 1. The molecule has 0 spiro atoms. The first kappa shape index (κ1) is 14.3. The molecule has 0 amide bonds. The molecule has 0 aliphatic heterocycles. The van der Waals surface area contributed by atoms with E-state index < -0.39 is 24.5 Å². The van der Waals surface area contributed by atoms with E-state index in [0.29, 0.717) is 0 Å². The summed E-state index contributed by atoms with van der Waals surface area (Å²) in [6, 6.07) is 3.77. The van der Waals surface area contributed by atoms with Crippen LogP contribution in [0.5, 0.6) is 0 Å². The zero-order valence-electron chi connectivity index (χ0n) is 8.26. The van der Waals surface area contributed by atoms with Crippen LogP contribution >= 0.6 is 27.5 Å². The van der Waals surface area contributed by atoms with Crippen LogP contribution < -0.4 is 0 Å². The maximum Gasteiger partial charge on any atom is 0.396 e. The second kappa shape index (κ2) is 5.27. The van der Waals surface area contributed by atoms with Crippen molar-refractivity contribution in [3.05, 3.63) is 33.3 Å². The lowest BCUT2D eigenvalue weighted by Crippen LogP contribution is -2.24. The van der Waals surface area contributed by atoms with E-state index in [2.05, 4.69) is 15.9 Å². The standard InChI is InChI=1S/C10H7BrClF3O2/c11-8-3-5(12)1-2-6(8)7(4-9(16)17)10(13,14)15/h1-3,7H,4H2,(H,16,17). The van der Waals surface area contributed by atoms with E-state index in [1.165, 1.54) is 18.2 Å². The molecular weight excluding hydrogens is 324 g/mol. The third kappa shape index (κ3) is 3.89. The van der Waals surface area contributed by atoms with E-state index in [4.69, 9.17) is 16.7 Å². The molecule has 0 bridgehead atoms. The minimum Gasteiger partial charge on any atom is -0.481 e. The average Bonchev–Trinajstić information content (AvgIpc) is 2.13. The topological polar surface area (TPSA) is 37.3 Å². The number of alkyl halides is 3. The number of halogens is 5. The van der Waals surface area contributed by atoms with Crippen LogP contribution in [0.3, 0.4) is 0 Å². The van der Waals surface area contributed by atoms with Crippen LogP contribution in [-0.2, 0) is 4.79 Å². The summed E-state index contributed by atoms with van der Waals surface area (Å²) in [7, 11) is 0. The lowest BCUT2D eigenvalue weighted by atomic mass is 9.95. The van der Waals surface area contributed by atoms with Crippen molar-refractivity contribution < 1.29 is 23.1 Å². The van der Waals surface area contributed by atoms with E-state index in [0.717, 1.165) is 0 Å². The molecule has 2 nitrogen and oxygen atoms in total. The van der Waals surface area contributed by atoms with E-state index in [1.807, 2.05) is 0 Å². The van der Waals surface area contributed by atoms with Gasteiger partial charge in [-0.15, -0.1) is 0 Å². The first-order valence-electron chi connectivity index (χ1n) is 4.45. The molecule has 17 heavy (non-hydrogen) atoms. The van der Waals surface area contributed by atoms with Gasteiger partial charge >= 0.3 is 12.1 Å². The summed E-state index contributed by atoms with van der Waals surface area (Å²) in [4.78, 5) is 10.5. The summed E-state index contributed by atoms with van der Waals surface area (Å²) in [6.45, 7) is 0. The molecular formula is C10H7BrClF3O2. The van der Waals surface area contributed by atoms with E-state index in [9.17, 15) is 18.0 Å². The Labute approximate surface area is 109 Å². The predicted molar refractivity (Wildman–Crippen MR) is 60.2 cm³/mol. The van der Waals surface area contributed by atoms with Crippen LogP contribution in [0.4, 0.5) is 13.2 Å². The highest BCUT2D eigenvalue weighted by Gasteiger charge is 2.42. The fraction of sp³-hybridized carbons (Fsp3) is 0.300. The summed E-state index contributed by atoms with van der Waals surface area (Å²) >= 11 is 8.57. The lowest BCUT2D eigenvalue weighted by molar-refractivity contribution is -0.163. The third-order valence-electron chi connectivity index (χ3n) is 2.11. The summed E-state index contributed by atoms with van der Waals surface area (Å²) in [5, 5.41) is 8.79. The number of carbonyl (C=O) groups is 1. The highest BCUT2D eigenvalue weighted by atomic mass is 79.9. The van der Waals surface area contributed by atoms with Crippen molar-refractivity contribution in [3.63, 3.8) is 0 Å². The Morgan fingerprint density at radius 2 is 2.06 bits per heavy atom. The Morgan fingerprint density at radius 1 is 1.47 bits per heavy atom. The monoisotopic (exact) mass is 330 g/mol. The summed E-state index contributed by atoms with van der Waals surface area (Å²) in [5.41, 5.74) is -0.135. The SMILES string of the molecule is O=C(O)CC(c1ccc(Cl)cc1Br)C(F)(F)F. The minimum atomic E-state index is -4.62. The minimum absolute atomic E-state index is 0.135. The molecule has 0 heterocycles. The Balaban J connectivity index is 3.17. The Kier molecular flexibility index (Phi) is 4.43. The third-order valence-corrected chi connectivity index (χ3v) is 3.03. The maximum atomic E-state index is 12.7. The fourth-order valence-corrected chi connectivity index (χ4v) is 2.32. The molecule has 1 aromatic rings. The second-order valence-corrected chi connectivity index (χ2v) is 4.65. The van der Waals surface area contributed by atoms with Gasteiger partial charge in [0, 0.05) is 9.50 Å². The van der Waals surface area contributed by atoms with Gasteiger partial charge in [-0.1, -0.05) is 33.6 Å². The number of carboxylic acids is 1. The normalized spacial score (nSPS) is 13.5. The first-order valence-corrected chi connectivity index (χ1v) is 5.62. The van der Waals surface area contributed by atoms with Crippen LogP contribution in [-0.4, -0.2) is 17.3 Å². The van der Waals surface area contributed by atoms with Crippen molar-refractivity contribution in [2.45, 2.75) is 18.5 Å². The molecule has 1 atom stereocenters. The van der Waals surface area contributed by atoms with Crippen molar-refractivity contribution in [2.75, 3.05) is 0 Å². The fourth-order valence-electron chi connectivity index (χ4n) is 1.36. The zero-order valence-corrected chi connectivity index (χ0v) is 10.6. The highest BCUT2D eigenvalue weighted by molar-refractivity contribution is 9.10. The van der Waals surface area contributed by atoms with Gasteiger partial charge in [0.1, 0.15) is 0 Å². The molecule has 0 aliphatic carbocycles. The van der Waals surface area contributed by atoms with Crippen molar-refractivity contribution in [1.29, 1.82) is 0 Å². The maximum absolute atomic E-state index is 12.7. The van der Waals surface area contributed by atoms with Crippen molar-refractivity contribution in [1.82, 2.24) is 0 Å². The van der Waals surface area contributed by atoms with Gasteiger partial charge in [-0.25, -0.2) is 0 Å². The number of rotatable bonds is 3. The van der Waals surface area contributed by atoms with Gasteiger partial charge in [0.15, 0.2) is 0 Å². The van der Waals surface area contributed by atoms with Crippen LogP contribution in [0.1, 0.15) is 17.9 Å². The van der Waals surface area contributed by atoms with Gasteiger partial charge in [0.05, 0.1) is 12.3 Å². The molecule has 1 N–H and O–H groups in total. The molecule has 0 saturated carbocycles. The molecule has 1 rings (SSSR count). The summed E-state index contributed by atoms with van der Waals surface area (Å²) < 4.78 is 38.3. The average molecular weight is 332 g/mol. The highest BCUT2D eigenvalue weighted by Crippen LogP contribution is 2.41.